The summed E-state index contributed by atoms with van der Waals surface area (Å²) in [5.74, 6) is -0.323. The lowest BCUT2D eigenvalue weighted by molar-refractivity contribution is -0.133. The van der Waals surface area contributed by atoms with Gasteiger partial charge in [0, 0.05) is 17.4 Å². The summed E-state index contributed by atoms with van der Waals surface area (Å²) in [4.78, 5) is 32.1. The van der Waals surface area contributed by atoms with Crippen molar-refractivity contribution < 1.29 is 18.7 Å². The first kappa shape index (κ1) is 17.2. The zero-order valence-corrected chi connectivity index (χ0v) is 14.1. The van der Waals surface area contributed by atoms with E-state index in [1.807, 2.05) is 0 Å². The number of rotatable bonds is 4. The Kier molecular flexibility index (Phi) is 4.93. The van der Waals surface area contributed by atoms with Gasteiger partial charge in [-0.2, -0.15) is 0 Å². The van der Waals surface area contributed by atoms with Crippen LogP contribution in [0, 0.1) is 6.92 Å². The van der Waals surface area contributed by atoms with Crippen LogP contribution in [-0.2, 0) is 9.59 Å². The van der Waals surface area contributed by atoms with Crippen molar-refractivity contribution in [2.75, 3.05) is 17.7 Å². The summed E-state index contributed by atoms with van der Waals surface area (Å²) in [5, 5.41) is 4.97. The molecular formula is C18H16N4O4. The quantitative estimate of drug-likeness (QED) is 0.699. The summed E-state index contributed by atoms with van der Waals surface area (Å²) in [5.41, 5.74) is 1.81. The van der Waals surface area contributed by atoms with E-state index in [4.69, 9.17) is 9.15 Å². The molecular weight excluding hydrogens is 336 g/mol. The minimum Gasteiger partial charge on any atom is -0.496 e. The molecule has 2 heterocycles. The molecule has 0 saturated carbocycles. The van der Waals surface area contributed by atoms with Gasteiger partial charge in [0.1, 0.15) is 11.6 Å². The van der Waals surface area contributed by atoms with Crippen molar-refractivity contribution in [1.82, 2.24) is 9.97 Å². The number of amides is 2. The largest absolute Gasteiger partial charge is 0.496 e. The van der Waals surface area contributed by atoms with E-state index in [1.165, 1.54) is 13.5 Å². The summed E-state index contributed by atoms with van der Waals surface area (Å²) >= 11 is 0. The first-order chi connectivity index (χ1) is 12.6. The van der Waals surface area contributed by atoms with E-state index in [-0.39, 0.29) is 0 Å². The topological polar surface area (TPSA) is 106 Å². The second-order valence-electron chi connectivity index (χ2n) is 5.35. The molecule has 2 N–H and O–H groups in total. The lowest BCUT2D eigenvalue weighted by Gasteiger charge is -2.10. The first-order valence-corrected chi connectivity index (χ1v) is 7.69. The highest BCUT2D eigenvalue weighted by Crippen LogP contribution is 2.32. The SMILES string of the molecule is COc1cc(NC(=O)C(=O)Nc2cccc(C)n2)ccc1-c1cnco1. The Labute approximate surface area is 149 Å². The van der Waals surface area contributed by atoms with Gasteiger partial charge in [-0.05, 0) is 31.2 Å². The normalized spacial score (nSPS) is 10.2. The van der Waals surface area contributed by atoms with Crippen LogP contribution in [0.1, 0.15) is 5.69 Å². The van der Waals surface area contributed by atoms with Crippen molar-refractivity contribution in [2.45, 2.75) is 6.92 Å². The van der Waals surface area contributed by atoms with Gasteiger partial charge >= 0.3 is 11.8 Å². The highest BCUT2D eigenvalue weighted by molar-refractivity contribution is 6.43. The second-order valence-corrected chi connectivity index (χ2v) is 5.35. The maximum Gasteiger partial charge on any atom is 0.315 e. The van der Waals surface area contributed by atoms with Crippen molar-refractivity contribution in [1.29, 1.82) is 0 Å². The molecule has 0 saturated heterocycles. The number of carbonyl (C=O) groups excluding carboxylic acids is 2. The van der Waals surface area contributed by atoms with Gasteiger partial charge in [-0.3, -0.25) is 9.59 Å². The lowest BCUT2D eigenvalue weighted by Crippen LogP contribution is -2.29. The van der Waals surface area contributed by atoms with Gasteiger partial charge in [0.2, 0.25) is 0 Å². The van der Waals surface area contributed by atoms with Crippen molar-refractivity contribution in [3.63, 3.8) is 0 Å². The predicted molar refractivity (Wildman–Crippen MR) is 94.7 cm³/mol. The molecule has 3 aromatic rings. The fraction of sp³-hybridized carbons (Fsp3) is 0.111. The van der Waals surface area contributed by atoms with Crippen molar-refractivity contribution in [3.8, 4) is 17.1 Å². The number of methoxy groups -OCH3 is 1. The molecule has 132 valence electrons. The smallest absolute Gasteiger partial charge is 0.315 e. The number of benzene rings is 1. The number of aryl methyl sites for hydroxylation is 1. The Balaban J connectivity index is 1.72. The number of pyridine rings is 1. The van der Waals surface area contributed by atoms with E-state index in [9.17, 15) is 9.59 Å². The highest BCUT2D eigenvalue weighted by atomic mass is 16.5. The molecule has 0 aliphatic rings. The Morgan fingerprint density at radius 3 is 2.62 bits per heavy atom. The molecule has 0 unspecified atom stereocenters. The average molecular weight is 352 g/mol. The molecule has 2 aromatic heterocycles. The van der Waals surface area contributed by atoms with Gasteiger partial charge in [-0.15, -0.1) is 0 Å². The molecule has 0 atom stereocenters. The standard InChI is InChI=1S/C18H16N4O4/c1-11-4-3-5-16(20-11)22-18(24)17(23)21-12-6-7-13(14(8-12)25-2)15-9-19-10-26-15/h3-10H,1-2H3,(H,21,23)(H,20,22,24). The van der Waals surface area contributed by atoms with E-state index in [0.717, 1.165) is 5.69 Å². The van der Waals surface area contributed by atoms with Crippen LogP contribution >= 0.6 is 0 Å². The van der Waals surface area contributed by atoms with Crippen molar-refractivity contribution in [3.05, 3.63) is 54.7 Å². The molecule has 1 aromatic carbocycles. The van der Waals surface area contributed by atoms with E-state index >= 15 is 0 Å². The Bertz CT molecular complexity index is 938. The van der Waals surface area contributed by atoms with Crippen LogP contribution in [0.15, 0.2) is 53.4 Å². The molecule has 0 spiro atoms. The number of hydrogen-bond donors (Lipinski definition) is 2. The fourth-order valence-electron chi connectivity index (χ4n) is 2.29. The summed E-state index contributed by atoms with van der Waals surface area (Å²) in [6, 6.07) is 10.1. The van der Waals surface area contributed by atoms with E-state index in [2.05, 4.69) is 20.6 Å². The number of carbonyl (C=O) groups is 2. The molecule has 8 heteroatoms. The van der Waals surface area contributed by atoms with E-state index in [1.54, 1.807) is 49.5 Å². The third-order valence-electron chi connectivity index (χ3n) is 3.49. The Morgan fingerprint density at radius 2 is 1.92 bits per heavy atom. The van der Waals surface area contributed by atoms with E-state index in [0.29, 0.717) is 28.6 Å². The van der Waals surface area contributed by atoms with Gasteiger partial charge in [0.15, 0.2) is 12.2 Å². The van der Waals surface area contributed by atoms with Crippen LogP contribution in [0.2, 0.25) is 0 Å². The van der Waals surface area contributed by atoms with Crippen LogP contribution in [-0.4, -0.2) is 28.9 Å². The van der Waals surface area contributed by atoms with Gasteiger partial charge < -0.3 is 19.8 Å². The summed E-state index contributed by atoms with van der Waals surface area (Å²) in [7, 11) is 1.50. The minimum absolute atomic E-state index is 0.309. The van der Waals surface area contributed by atoms with Crippen LogP contribution in [0.5, 0.6) is 5.75 Å². The van der Waals surface area contributed by atoms with Crippen LogP contribution in [0.4, 0.5) is 11.5 Å². The number of nitrogens with zero attached hydrogens (tertiary/aromatic N) is 2. The molecule has 0 aliphatic heterocycles. The van der Waals surface area contributed by atoms with Gasteiger partial charge in [0.25, 0.3) is 0 Å². The third kappa shape index (κ3) is 3.86. The summed E-state index contributed by atoms with van der Waals surface area (Å²) in [6.07, 6.45) is 2.87. The van der Waals surface area contributed by atoms with Crippen molar-refractivity contribution >= 4 is 23.3 Å². The second kappa shape index (κ2) is 7.47. The van der Waals surface area contributed by atoms with Gasteiger partial charge in [-0.1, -0.05) is 6.07 Å². The number of aromatic nitrogens is 2. The molecule has 8 nitrogen and oxygen atoms in total. The van der Waals surface area contributed by atoms with Crippen LogP contribution in [0.25, 0.3) is 11.3 Å². The number of hydrogen-bond acceptors (Lipinski definition) is 6. The number of anilines is 2. The lowest BCUT2D eigenvalue weighted by atomic mass is 10.1. The predicted octanol–water partition coefficient (Wildman–Crippen LogP) is 2.63. The van der Waals surface area contributed by atoms with Crippen molar-refractivity contribution in [2.24, 2.45) is 0 Å². The van der Waals surface area contributed by atoms with Gasteiger partial charge in [0.05, 0.1) is 18.9 Å². The third-order valence-corrected chi connectivity index (χ3v) is 3.49. The maximum absolute atomic E-state index is 12.1. The highest BCUT2D eigenvalue weighted by Gasteiger charge is 2.16. The maximum atomic E-state index is 12.1. The molecule has 2 amide bonds. The molecule has 0 aliphatic carbocycles. The zero-order chi connectivity index (χ0) is 18.5. The summed E-state index contributed by atoms with van der Waals surface area (Å²) in [6.45, 7) is 1.79. The molecule has 26 heavy (non-hydrogen) atoms. The monoisotopic (exact) mass is 352 g/mol. The zero-order valence-electron chi connectivity index (χ0n) is 14.1. The first-order valence-electron chi connectivity index (χ1n) is 7.69. The van der Waals surface area contributed by atoms with Crippen LogP contribution < -0.4 is 15.4 Å². The Hall–Kier alpha value is -3.68. The molecule has 0 bridgehead atoms. The molecule has 3 rings (SSSR count). The fourth-order valence-corrected chi connectivity index (χ4v) is 2.29. The number of nitrogens with one attached hydrogen (secondary N) is 2. The Morgan fingerprint density at radius 1 is 1.12 bits per heavy atom. The van der Waals surface area contributed by atoms with E-state index < -0.39 is 11.8 Å². The van der Waals surface area contributed by atoms with Gasteiger partial charge in [-0.25, -0.2) is 9.97 Å². The molecule has 0 fully saturated rings. The molecule has 0 radical (unpaired) electrons. The number of ether oxygens (including phenoxy) is 1. The summed E-state index contributed by atoms with van der Waals surface area (Å²) < 4.78 is 10.6. The minimum atomic E-state index is -0.818. The number of oxazole rings is 1. The van der Waals surface area contributed by atoms with Crippen LogP contribution in [0.3, 0.4) is 0 Å². The average Bonchev–Trinajstić information content (AvgIpc) is 3.16.